The van der Waals surface area contributed by atoms with Gasteiger partial charge < -0.3 is 5.32 Å². The van der Waals surface area contributed by atoms with E-state index in [2.05, 4.69) is 29.6 Å². The van der Waals surface area contributed by atoms with Gasteiger partial charge in [0, 0.05) is 6.54 Å². The lowest BCUT2D eigenvalue weighted by Gasteiger charge is -2.06. The predicted octanol–water partition coefficient (Wildman–Crippen LogP) is 3.86. The van der Waals surface area contributed by atoms with Crippen molar-refractivity contribution in [3.05, 3.63) is 71.0 Å². The Balaban J connectivity index is 1.68. The lowest BCUT2D eigenvalue weighted by molar-refractivity contribution is 0.613. The molecule has 1 N–H and O–H groups in total. The molecule has 0 aliphatic rings. The van der Waals surface area contributed by atoms with Crippen LogP contribution in [0.25, 0.3) is 0 Å². The van der Waals surface area contributed by atoms with Gasteiger partial charge in [-0.05, 0) is 49.1 Å². The van der Waals surface area contributed by atoms with Crippen LogP contribution in [0.3, 0.4) is 0 Å². The van der Waals surface area contributed by atoms with Crippen LogP contribution in [0.15, 0.2) is 48.5 Å². The van der Waals surface area contributed by atoms with E-state index in [9.17, 15) is 4.39 Å². The Hall–Kier alpha value is -1.67. The Morgan fingerprint density at radius 2 is 1.79 bits per heavy atom. The normalized spacial score (nSPS) is 10.6. The quantitative estimate of drug-likeness (QED) is 0.775. The summed E-state index contributed by atoms with van der Waals surface area (Å²) in [5, 5.41) is 3.40. The van der Waals surface area contributed by atoms with Crippen molar-refractivity contribution in [2.24, 2.45) is 0 Å². The Morgan fingerprint density at radius 3 is 2.53 bits per heavy atom. The van der Waals surface area contributed by atoms with Gasteiger partial charge in [0.15, 0.2) is 0 Å². The summed E-state index contributed by atoms with van der Waals surface area (Å²) < 4.78 is 13.1. The fourth-order valence-corrected chi connectivity index (χ4v) is 2.11. The molecular weight excluding hydrogens is 237 g/mol. The first kappa shape index (κ1) is 13.8. The summed E-state index contributed by atoms with van der Waals surface area (Å²) in [5.41, 5.74) is 3.23. The molecule has 0 atom stereocenters. The molecule has 0 saturated carbocycles. The maximum Gasteiger partial charge on any atom is 0.126 e. The van der Waals surface area contributed by atoms with Gasteiger partial charge in [0.1, 0.15) is 5.82 Å². The molecule has 2 aromatic rings. The Bertz CT molecular complexity index is 508. The molecule has 0 aromatic heterocycles. The summed E-state index contributed by atoms with van der Waals surface area (Å²) in [5.74, 6) is -0.132. The van der Waals surface area contributed by atoms with E-state index < -0.39 is 0 Å². The molecule has 0 aliphatic heterocycles. The number of hydrogen-bond acceptors (Lipinski definition) is 1. The summed E-state index contributed by atoms with van der Waals surface area (Å²) in [6.07, 6.45) is 2.21. The molecule has 2 aromatic carbocycles. The predicted molar refractivity (Wildman–Crippen MR) is 77.6 cm³/mol. The number of halogens is 1. The average Bonchev–Trinajstić information content (AvgIpc) is 2.43. The standard InChI is InChI=1S/C17H20FN/c1-14-12-16(9-10-17(14)18)13-19-11-5-8-15-6-3-2-4-7-15/h2-4,6-7,9-10,12,19H,5,8,11,13H2,1H3. The van der Waals surface area contributed by atoms with Crippen molar-refractivity contribution in [3.63, 3.8) is 0 Å². The zero-order valence-corrected chi connectivity index (χ0v) is 11.3. The van der Waals surface area contributed by atoms with Gasteiger partial charge in [-0.3, -0.25) is 0 Å². The monoisotopic (exact) mass is 257 g/mol. The third-order valence-corrected chi connectivity index (χ3v) is 3.21. The van der Waals surface area contributed by atoms with Gasteiger partial charge in [-0.25, -0.2) is 4.39 Å². The van der Waals surface area contributed by atoms with Crippen molar-refractivity contribution in [2.75, 3.05) is 6.54 Å². The molecule has 1 nitrogen and oxygen atoms in total. The minimum Gasteiger partial charge on any atom is -0.313 e. The second-order valence-corrected chi connectivity index (χ2v) is 4.85. The molecule has 100 valence electrons. The summed E-state index contributed by atoms with van der Waals surface area (Å²) in [4.78, 5) is 0. The molecule has 0 saturated heterocycles. The van der Waals surface area contributed by atoms with Crippen LogP contribution in [-0.2, 0) is 13.0 Å². The number of aryl methyl sites for hydroxylation is 2. The molecule has 19 heavy (non-hydrogen) atoms. The average molecular weight is 257 g/mol. The lowest BCUT2D eigenvalue weighted by Crippen LogP contribution is -2.15. The SMILES string of the molecule is Cc1cc(CNCCCc2ccccc2)ccc1F. The van der Waals surface area contributed by atoms with E-state index in [-0.39, 0.29) is 5.82 Å². The van der Waals surface area contributed by atoms with E-state index in [1.165, 1.54) is 11.6 Å². The highest BCUT2D eigenvalue weighted by molar-refractivity contribution is 5.23. The lowest BCUT2D eigenvalue weighted by atomic mass is 10.1. The molecule has 0 amide bonds. The number of nitrogens with one attached hydrogen (secondary N) is 1. The summed E-state index contributed by atoms with van der Waals surface area (Å²) >= 11 is 0. The van der Waals surface area contributed by atoms with Crippen LogP contribution in [0.4, 0.5) is 4.39 Å². The van der Waals surface area contributed by atoms with Gasteiger partial charge in [0.25, 0.3) is 0 Å². The van der Waals surface area contributed by atoms with E-state index in [4.69, 9.17) is 0 Å². The maximum absolute atomic E-state index is 13.1. The van der Waals surface area contributed by atoms with E-state index in [0.29, 0.717) is 5.56 Å². The van der Waals surface area contributed by atoms with E-state index in [1.54, 1.807) is 6.92 Å². The fraction of sp³-hybridized carbons (Fsp3) is 0.294. The minimum atomic E-state index is -0.132. The largest absolute Gasteiger partial charge is 0.313 e. The van der Waals surface area contributed by atoms with Gasteiger partial charge in [-0.15, -0.1) is 0 Å². The molecule has 0 fully saturated rings. The van der Waals surface area contributed by atoms with Crippen LogP contribution >= 0.6 is 0 Å². The van der Waals surface area contributed by atoms with Gasteiger partial charge in [0.2, 0.25) is 0 Å². The minimum absolute atomic E-state index is 0.132. The fourth-order valence-electron chi connectivity index (χ4n) is 2.11. The zero-order valence-electron chi connectivity index (χ0n) is 11.3. The molecule has 0 bridgehead atoms. The van der Waals surface area contributed by atoms with E-state index in [0.717, 1.165) is 31.5 Å². The highest BCUT2D eigenvalue weighted by Crippen LogP contribution is 2.09. The van der Waals surface area contributed by atoms with Crippen molar-refractivity contribution >= 4 is 0 Å². The first-order chi connectivity index (χ1) is 9.25. The molecule has 2 rings (SSSR count). The highest BCUT2D eigenvalue weighted by Gasteiger charge is 1.98. The molecule has 0 radical (unpaired) electrons. The molecule has 0 heterocycles. The van der Waals surface area contributed by atoms with Gasteiger partial charge >= 0.3 is 0 Å². The number of benzene rings is 2. The van der Waals surface area contributed by atoms with Crippen LogP contribution in [-0.4, -0.2) is 6.54 Å². The molecule has 0 unspecified atom stereocenters. The van der Waals surface area contributed by atoms with Crippen molar-refractivity contribution < 1.29 is 4.39 Å². The van der Waals surface area contributed by atoms with Crippen molar-refractivity contribution in [2.45, 2.75) is 26.3 Å². The summed E-state index contributed by atoms with van der Waals surface area (Å²) in [6.45, 7) is 3.58. The van der Waals surface area contributed by atoms with Crippen molar-refractivity contribution in [1.82, 2.24) is 5.32 Å². The summed E-state index contributed by atoms with van der Waals surface area (Å²) in [7, 11) is 0. The Labute approximate surface area is 114 Å². The molecule has 0 aliphatic carbocycles. The van der Waals surface area contributed by atoms with Gasteiger partial charge in [-0.2, -0.15) is 0 Å². The molecule has 0 spiro atoms. The van der Waals surface area contributed by atoms with Gasteiger partial charge in [0.05, 0.1) is 0 Å². The van der Waals surface area contributed by atoms with Gasteiger partial charge in [-0.1, -0.05) is 42.5 Å². The van der Waals surface area contributed by atoms with Crippen LogP contribution in [0, 0.1) is 12.7 Å². The van der Waals surface area contributed by atoms with Crippen LogP contribution < -0.4 is 5.32 Å². The van der Waals surface area contributed by atoms with E-state index >= 15 is 0 Å². The zero-order chi connectivity index (χ0) is 13.5. The van der Waals surface area contributed by atoms with Crippen molar-refractivity contribution in [3.8, 4) is 0 Å². The van der Waals surface area contributed by atoms with Crippen LogP contribution in [0.5, 0.6) is 0 Å². The molecule has 2 heteroatoms. The first-order valence-corrected chi connectivity index (χ1v) is 6.75. The topological polar surface area (TPSA) is 12.0 Å². The summed E-state index contributed by atoms with van der Waals surface area (Å²) in [6, 6.07) is 15.8. The maximum atomic E-state index is 13.1. The Morgan fingerprint density at radius 1 is 1.00 bits per heavy atom. The number of hydrogen-bond donors (Lipinski definition) is 1. The first-order valence-electron chi connectivity index (χ1n) is 6.75. The highest BCUT2D eigenvalue weighted by atomic mass is 19.1. The van der Waals surface area contributed by atoms with E-state index in [1.807, 2.05) is 18.2 Å². The number of rotatable bonds is 6. The third-order valence-electron chi connectivity index (χ3n) is 3.21. The van der Waals surface area contributed by atoms with Crippen LogP contribution in [0.1, 0.15) is 23.1 Å². The smallest absolute Gasteiger partial charge is 0.126 e. The third kappa shape index (κ3) is 4.49. The second-order valence-electron chi connectivity index (χ2n) is 4.85. The van der Waals surface area contributed by atoms with Crippen molar-refractivity contribution in [1.29, 1.82) is 0 Å². The second kappa shape index (κ2) is 7.05. The molecular formula is C17H20FN. The Kier molecular flexibility index (Phi) is 5.10. The van der Waals surface area contributed by atoms with Crippen LogP contribution in [0.2, 0.25) is 0 Å².